The Labute approximate surface area is 168 Å². The SMILES string of the molecule is CCNC(=NCCc1nccs1)N1CCN(c2cccs2)CC1.I. The highest BCUT2D eigenvalue weighted by Gasteiger charge is 2.20. The van der Waals surface area contributed by atoms with Crippen LogP contribution in [0.25, 0.3) is 0 Å². The van der Waals surface area contributed by atoms with Crippen LogP contribution in [0.5, 0.6) is 0 Å². The summed E-state index contributed by atoms with van der Waals surface area (Å²) in [4.78, 5) is 13.9. The lowest BCUT2D eigenvalue weighted by Crippen LogP contribution is -2.52. The van der Waals surface area contributed by atoms with Crippen LogP contribution in [0.1, 0.15) is 11.9 Å². The quantitative estimate of drug-likeness (QED) is 0.408. The first-order valence-electron chi connectivity index (χ1n) is 8.07. The molecule has 132 valence electrons. The van der Waals surface area contributed by atoms with E-state index in [0.717, 1.165) is 56.7 Å². The maximum absolute atomic E-state index is 4.78. The van der Waals surface area contributed by atoms with Crippen molar-refractivity contribution in [2.45, 2.75) is 13.3 Å². The molecule has 5 nitrogen and oxygen atoms in total. The summed E-state index contributed by atoms with van der Waals surface area (Å²) in [6, 6.07) is 4.32. The van der Waals surface area contributed by atoms with Crippen LogP contribution < -0.4 is 10.2 Å². The molecule has 2 aromatic rings. The lowest BCUT2D eigenvalue weighted by atomic mass is 10.3. The number of aromatic nitrogens is 1. The number of anilines is 1. The molecule has 1 aliphatic heterocycles. The third-order valence-electron chi connectivity index (χ3n) is 3.80. The molecule has 0 aliphatic carbocycles. The molecule has 0 spiro atoms. The topological polar surface area (TPSA) is 43.8 Å². The van der Waals surface area contributed by atoms with Crippen molar-refractivity contribution in [2.24, 2.45) is 4.99 Å². The molecule has 2 aromatic heterocycles. The largest absolute Gasteiger partial charge is 0.360 e. The lowest BCUT2D eigenvalue weighted by Gasteiger charge is -2.37. The van der Waals surface area contributed by atoms with E-state index in [1.54, 1.807) is 11.3 Å². The highest BCUT2D eigenvalue weighted by molar-refractivity contribution is 14.0. The number of guanidine groups is 1. The average Bonchev–Trinajstić information content (AvgIpc) is 3.28. The fourth-order valence-electron chi connectivity index (χ4n) is 2.65. The van der Waals surface area contributed by atoms with Gasteiger partial charge in [0.05, 0.1) is 10.0 Å². The molecule has 3 heterocycles. The zero-order valence-corrected chi connectivity index (χ0v) is 17.8. The Kier molecular flexibility index (Phi) is 8.26. The number of piperazine rings is 1. The monoisotopic (exact) mass is 477 g/mol. The first-order valence-corrected chi connectivity index (χ1v) is 9.83. The summed E-state index contributed by atoms with van der Waals surface area (Å²) in [5.74, 6) is 1.04. The number of nitrogens with zero attached hydrogens (tertiary/aromatic N) is 4. The number of thiazole rings is 1. The summed E-state index contributed by atoms with van der Waals surface area (Å²) < 4.78 is 0. The molecule has 24 heavy (non-hydrogen) atoms. The molecule has 0 saturated carbocycles. The molecule has 1 saturated heterocycles. The Morgan fingerprint density at radius 2 is 2.08 bits per heavy atom. The van der Waals surface area contributed by atoms with Crippen molar-refractivity contribution >= 4 is 57.6 Å². The minimum Gasteiger partial charge on any atom is -0.360 e. The van der Waals surface area contributed by atoms with Gasteiger partial charge in [0.1, 0.15) is 0 Å². The van der Waals surface area contributed by atoms with E-state index in [9.17, 15) is 0 Å². The Morgan fingerprint density at radius 1 is 1.25 bits per heavy atom. The molecule has 0 aromatic carbocycles. The van der Waals surface area contributed by atoms with Crippen LogP contribution in [-0.4, -0.2) is 55.1 Å². The van der Waals surface area contributed by atoms with Gasteiger partial charge in [0.25, 0.3) is 0 Å². The Balaban J connectivity index is 0.00000208. The van der Waals surface area contributed by atoms with Crippen molar-refractivity contribution in [1.29, 1.82) is 0 Å². The van der Waals surface area contributed by atoms with Crippen molar-refractivity contribution in [3.63, 3.8) is 0 Å². The average molecular weight is 477 g/mol. The standard InChI is InChI=1S/C16H23N5S2.HI/c1-2-17-16(19-6-5-14-18-7-13-22-14)21-10-8-20(9-11-21)15-4-3-12-23-15;/h3-4,7,12-13H,2,5-6,8-11H2,1H3,(H,17,19);1H. The van der Waals surface area contributed by atoms with Gasteiger partial charge in [-0.25, -0.2) is 4.98 Å². The second-order valence-corrected chi connectivity index (χ2v) is 7.24. The molecule has 1 aliphatic rings. The van der Waals surface area contributed by atoms with E-state index in [0.29, 0.717) is 0 Å². The molecule has 8 heteroatoms. The predicted octanol–water partition coefficient (Wildman–Crippen LogP) is 3.15. The molecule has 0 amide bonds. The lowest BCUT2D eigenvalue weighted by molar-refractivity contribution is 0.373. The Morgan fingerprint density at radius 3 is 2.71 bits per heavy atom. The van der Waals surface area contributed by atoms with Gasteiger partial charge in [-0.15, -0.1) is 46.7 Å². The van der Waals surface area contributed by atoms with E-state index in [1.807, 2.05) is 22.9 Å². The van der Waals surface area contributed by atoms with Gasteiger partial charge >= 0.3 is 0 Å². The van der Waals surface area contributed by atoms with Crippen LogP contribution in [-0.2, 0) is 6.42 Å². The highest BCUT2D eigenvalue weighted by atomic mass is 127. The van der Waals surface area contributed by atoms with Crippen LogP contribution >= 0.6 is 46.7 Å². The molecule has 0 unspecified atom stereocenters. The van der Waals surface area contributed by atoms with E-state index in [1.165, 1.54) is 5.00 Å². The van der Waals surface area contributed by atoms with E-state index in [2.05, 4.69) is 44.5 Å². The summed E-state index contributed by atoms with van der Waals surface area (Å²) in [5.41, 5.74) is 0. The minimum absolute atomic E-state index is 0. The molecular formula is C16H24IN5S2. The maximum atomic E-state index is 4.78. The highest BCUT2D eigenvalue weighted by Crippen LogP contribution is 2.22. The van der Waals surface area contributed by atoms with E-state index < -0.39 is 0 Å². The normalized spacial score (nSPS) is 15.3. The smallest absolute Gasteiger partial charge is 0.194 e. The summed E-state index contributed by atoms with van der Waals surface area (Å²) >= 11 is 3.52. The van der Waals surface area contributed by atoms with Crippen molar-refractivity contribution < 1.29 is 0 Å². The Bertz CT molecular complexity index is 592. The fraction of sp³-hybridized carbons (Fsp3) is 0.500. The molecule has 0 atom stereocenters. The number of rotatable bonds is 5. The number of nitrogens with one attached hydrogen (secondary N) is 1. The van der Waals surface area contributed by atoms with Gasteiger partial charge in [-0.2, -0.15) is 0 Å². The van der Waals surface area contributed by atoms with Gasteiger partial charge < -0.3 is 15.1 Å². The molecule has 3 rings (SSSR count). The third kappa shape index (κ3) is 5.32. The summed E-state index contributed by atoms with van der Waals surface area (Å²) in [7, 11) is 0. The molecular weight excluding hydrogens is 453 g/mol. The summed E-state index contributed by atoms with van der Waals surface area (Å²) in [6.45, 7) is 7.96. The van der Waals surface area contributed by atoms with E-state index >= 15 is 0 Å². The van der Waals surface area contributed by atoms with Crippen molar-refractivity contribution in [1.82, 2.24) is 15.2 Å². The third-order valence-corrected chi connectivity index (χ3v) is 5.57. The van der Waals surface area contributed by atoms with Crippen molar-refractivity contribution in [2.75, 3.05) is 44.2 Å². The van der Waals surface area contributed by atoms with Crippen LogP contribution in [0.2, 0.25) is 0 Å². The molecule has 1 fully saturated rings. The van der Waals surface area contributed by atoms with Gasteiger partial charge in [0.15, 0.2) is 5.96 Å². The van der Waals surface area contributed by atoms with Crippen LogP contribution in [0.3, 0.4) is 0 Å². The summed E-state index contributed by atoms with van der Waals surface area (Å²) in [5, 5.41) is 10.1. The van der Waals surface area contributed by atoms with Gasteiger partial charge in [0.2, 0.25) is 0 Å². The van der Waals surface area contributed by atoms with Crippen LogP contribution in [0.15, 0.2) is 34.1 Å². The van der Waals surface area contributed by atoms with Crippen LogP contribution in [0.4, 0.5) is 5.00 Å². The number of hydrogen-bond acceptors (Lipinski definition) is 5. The number of hydrogen-bond donors (Lipinski definition) is 1. The van der Waals surface area contributed by atoms with Gasteiger partial charge in [-0.1, -0.05) is 0 Å². The van der Waals surface area contributed by atoms with Gasteiger partial charge in [0, 0.05) is 57.3 Å². The predicted molar refractivity (Wildman–Crippen MR) is 115 cm³/mol. The van der Waals surface area contributed by atoms with Crippen molar-refractivity contribution in [3.05, 3.63) is 34.1 Å². The van der Waals surface area contributed by atoms with Gasteiger partial charge in [-0.05, 0) is 24.4 Å². The van der Waals surface area contributed by atoms with E-state index in [-0.39, 0.29) is 24.0 Å². The fourth-order valence-corrected chi connectivity index (χ4v) is 4.04. The van der Waals surface area contributed by atoms with E-state index in [4.69, 9.17) is 4.99 Å². The number of halogens is 1. The molecule has 0 radical (unpaired) electrons. The maximum Gasteiger partial charge on any atom is 0.194 e. The zero-order valence-electron chi connectivity index (χ0n) is 13.9. The first kappa shape index (κ1) is 19.5. The molecule has 1 N–H and O–H groups in total. The number of aliphatic imine (C=N–C) groups is 1. The van der Waals surface area contributed by atoms with Crippen LogP contribution in [0, 0.1) is 0 Å². The van der Waals surface area contributed by atoms with Gasteiger partial charge in [-0.3, -0.25) is 4.99 Å². The molecule has 0 bridgehead atoms. The second-order valence-electron chi connectivity index (χ2n) is 5.34. The second kappa shape index (κ2) is 10.2. The zero-order chi connectivity index (χ0) is 15.9. The Hall–Kier alpha value is -0.870. The van der Waals surface area contributed by atoms with Crippen molar-refractivity contribution in [3.8, 4) is 0 Å². The minimum atomic E-state index is 0. The summed E-state index contributed by atoms with van der Waals surface area (Å²) in [6.07, 6.45) is 2.78. The first-order chi connectivity index (χ1) is 11.4. The number of thiophene rings is 1.